The summed E-state index contributed by atoms with van der Waals surface area (Å²) in [4.78, 5) is 18.2. The lowest BCUT2D eigenvalue weighted by Gasteiger charge is -2.04. The van der Waals surface area contributed by atoms with E-state index in [0.717, 1.165) is 11.1 Å². The molecule has 1 heterocycles. The summed E-state index contributed by atoms with van der Waals surface area (Å²) in [7, 11) is 0. The van der Waals surface area contributed by atoms with Gasteiger partial charge in [-0.3, -0.25) is 4.79 Å². The minimum atomic E-state index is -0.297. The van der Waals surface area contributed by atoms with Crippen molar-refractivity contribution >= 4 is 22.6 Å². The molecule has 1 aromatic heterocycles. The SMILES string of the molecule is Cc1cc(F)ccc1-c1ncc(I)c(=O)[nH]1. The molecule has 0 amide bonds. The standard InChI is InChI=1S/C11H8FIN2O/c1-6-4-7(12)2-3-8(6)10-14-5-9(13)11(16)15-10/h2-5H,1H3,(H,14,15,16). The molecule has 0 saturated heterocycles. The summed E-state index contributed by atoms with van der Waals surface area (Å²) in [6.45, 7) is 1.77. The molecule has 82 valence electrons. The molecule has 2 rings (SSSR count). The normalized spacial score (nSPS) is 10.4. The molecule has 0 spiro atoms. The molecule has 0 radical (unpaired) electrons. The third-order valence-corrected chi connectivity index (χ3v) is 2.97. The lowest BCUT2D eigenvalue weighted by Crippen LogP contribution is -2.11. The van der Waals surface area contributed by atoms with Crippen molar-refractivity contribution in [3.05, 3.63) is 49.7 Å². The van der Waals surface area contributed by atoms with Crippen molar-refractivity contribution in [2.75, 3.05) is 0 Å². The van der Waals surface area contributed by atoms with Crippen LogP contribution in [0.15, 0.2) is 29.2 Å². The van der Waals surface area contributed by atoms with Gasteiger partial charge >= 0.3 is 0 Å². The van der Waals surface area contributed by atoms with Crippen LogP contribution in [0.2, 0.25) is 0 Å². The fourth-order valence-electron chi connectivity index (χ4n) is 1.41. The molecule has 3 nitrogen and oxygen atoms in total. The number of halogens is 2. The van der Waals surface area contributed by atoms with Crippen molar-refractivity contribution < 1.29 is 4.39 Å². The summed E-state index contributed by atoms with van der Waals surface area (Å²) in [5, 5.41) is 0. The summed E-state index contributed by atoms with van der Waals surface area (Å²) >= 11 is 1.91. The summed E-state index contributed by atoms with van der Waals surface area (Å²) < 4.78 is 13.4. The molecule has 0 saturated carbocycles. The fourth-order valence-corrected chi connectivity index (χ4v) is 1.68. The van der Waals surface area contributed by atoms with Crippen LogP contribution < -0.4 is 5.56 Å². The van der Waals surface area contributed by atoms with Gasteiger partial charge in [0.1, 0.15) is 11.6 Å². The third-order valence-electron chi connectivity index (χ3n) is 2.20. The largest absolute Gasteiger partial charge is 0.306 e. The topological polar surface area (TPSA) is 45.8 Å². The lowest BCUT2D eigenvalue weighted by molar-refractivity contribution is 0.627. The predicted octanol–water partition coefficient (Wildman–Crippen LogP) is 2.49. The quantitative estimate of drug-likeness (QED) is 0.817. The van der Waals surface area contributed by atoms with Crippen molar-refractivity contribution in [1.82, 2.24) is 9.97 Å². The van der Waals surface area contributed by atoms with Gasteiger partial charge in [0, 0.05) is 11.8 Å². The zero-order chi connectivity index (χ0) is 11.7. The van der Waals surface area contributed by atoms with Crippen molar-refractivity contribution in [3.63, 3.8) is 0 Å². The molecule has 0 aliphatic carbocycles. The highest BCUT2D eigenvalue weighted by atomic mass is 127. The highest BCUT2D eigenvalue weighted by Gasteiger charge is 2.06. The first-order valence-corrected chi connectivity index (χ1v) is 5.67. The Morgan fingerprint density at radius 2 is 2.19 bits per heavy atom. The highest BCUT2D eigenvalue weighted by molar-refractivity contribution is 14.1. The Morgan fingerprint density at radius 3 is 2.81 bits per heavy atom. The van der Waals surface area contributed by atoms with Gasteiger partial charge in [0.2, 0.25) is 0 Å². The first-order chi connectivity index (χ1) is 7.58. The van der Waals surface area contributed by atoms with Crippen LogP contribution in [0.25, 0.3) is 11.4 Å². The second-order valence-electron chi connectivity index (χ2n) is 3.37. The molecule has 0 aliphatic rings. The van der Waals surface area contributed by atoms with E-state index in [-0.39, 0.29) is 11.4 Å². The maximum absolute atomic E-state index is 12.9. The second kappa shape index (κ2) is 4.32. The third kappa shape index (κ3) is 2.13. The summed E-state index contributed by atoms with van der Waals surface area (Å²) in [6, 6.07) is 4.36. The first kappa shape index (κ1) is 11.3. The molecule has 0 unspecified atom stereocenters. The monoisotopic (exact) mass is 330 g/mol. The van der Waals surface area contributed by atoms with E-state index in [1.807, 2.05) is 22.6 Å². The molecule has 5 heteroatoms. The Bertz CT molecular complexity index is 595. The average Bonchev–Trinajstić information content (AvgIpc) is 2.22. The number of benzene rings is 1. The van der Waals surface area contributed by atoms with E-state index >= 15 is 0 Å². The maximum Gasteiger partial charge on any atom is 0.264 e. The number of rotatable bonds is 1. The van der Waals surface area contributed by atoms with Crippen LogP contribution in [-0.2, 0) is 0 Å². The molecule has 1 aromatic carbocycles. The van der Waals surface area contributed by atoms with Gasteiger partial charge in [-0.25, -0.2) is 9.37 Å². The molecule has 2 aromatic rings. The van der Waals surface area contributed by atoms with Crippen molar-refractivity contribution in [2.24, 2.45) is 0 Å². The Hall–Kier alpha value is -1.24. The predicted molar refractivity (Wildman–Crippen MR) is 67.7 cm³/mol. The van der Waals surface area contributed by atoms with E-state index in [2.05, 4.69) is 9.97 Å². The molecule has 0 atom stereocenters. The van der Waals surface area contributed by atoms with E-state index in [9.17, 15) is 9.18 Å². The van der Waals surface area contributed by atoms with Gasteiger partial charge in [-0.05, 0) is 53.3 Å². The van der Waals surface area contributed by atoms with Gasteiger partial charge in [-0.1, -0.05) is 0 Å². The first-order valence-electron chi connectivity index (χ1n) is 4.59. The number of hydrogen-bond donors (Lipinski definition) is 1. The van der Waals surface area contributed by atoms with E-state index in [1.165, 1.54) is 18.3 Å². The fraction of sp³-hybridized carbons (Fsp3) is 0.0909. The number of aromatic amines is 1. The number of aryl methyl sites for hydroxylation is 1. The molecule has 0 bridgehead atoms. The van der Waals surface area contributed by atoms with E-state index < -0.39 is 0 Å². The van der Waals surface area contributed by atoms with Crippen molar-refractivity contribution in [1.29, 1.82) is 0 Å². The van der Waals surface area contributed by atoms with Crippen LogP contribution in [0.5, 0.6) is 0 Å². The second-order valence-corrected chi connectivity index (χ2v) is 4.53. The van der Waals surface area contributed by atoms with Gasteiger partial charge in [0.25, 0.3) is 5.56 Å². The van der Waals surface area contributed by atoms with Crippen LogP contribution in [-0.4, -0.2) is 9.97 Å². The van der Waals surface area contributed by atoms with Crippen molar-refractivity contribution in [3.8, 4) is 11.4 Å². The minimum Gasteiger partial charge on any atom is -0.306 e. The molecule has 0 fully saturated rings. The zero-order valence-corrected chi connectivity index (χ0v) is 10.6. The van der Waals surface area contributed by atoms with E-state index in [0.29, 0.717) is 9.39 Å². The van der Waals surface area contributed by atoms with Gasteiger partial charge in [-0.2, -0.15) is 0 Å². The number of nitrogens with one attached hydrogen (secondary N) is 1. The summed E-state index contributed by atoms with van der Waals surface area (Å²) in [5.41, 5.74) is 1.29. The van der Waals surface area contributed by atoms with E-state index in [1.54, 1.807) is 13.0 Å². The number of hydrogen-bond acceptors (Lipinski definition) is 2. The summed E-state index contributed by atoms with van der Waals surface area (Å²) in [5.74, 6) is 0.164. The van der Waals surface area contributed by atoms with E-state index in [4.69, 9.17) is 0 Å². The van der Waals surface area contributed by atoms with Crippen LogP contribution in [0.4, 0.5) is 4.39 Å². The zero-order valence-electron chi connectivity index (χ0n) is 8.42. The van der Waals surface area contributed by atoms with Crippen LogP contribution in [0.1, 0.15) is 5.56 Å². The average molecular weight is 330 g/mol. The smallest absolute Gasteiger partial charge is 0.264 e. The Balaban J connectivity index is 2.59. The number of H-pyrrole nitrogens is 1. The highest BCUT2D eigenvalue weighted by Crippen LogP contribution is 2.19. The van der Waals surface area contributed by atoms with Crippen LogP contribution in [0.3, 0.4) is 0 Å². The van der Waals surface area contributed by atoms with Crippen LogP contribution in [0, 0.1) is 16.3 Å². The molecular formula is C11H8FIN2O. The minimum absolute atomic E-state index is 0.186. The Kier molecular flexibility index (Phi) is 3.04. The Morgan fingerprint density at radius 1 is 1.44 bits per heavy atom. The van der Waals surface area contributed by atoms with Crippen molar-refractivity contribution in [2.45, 2.75) is 6.92 Å². The van der Waals surface area contributed by atoms with Gasteiger partial charge < -0.3 is 4.98 Å². The maximum atomic E-state index is 12.9. The van der Waals surface area contributed by atoms with Gasteiger partial charge in [0.15, 0.2) is 0 Å². The summed E-state index contributed by atoms with van der Waals surface area (Å²) in [6.07, 6.45) is 1.50. The molecular weight excluding hydrogens is 322 g/mol. The van der Waals surface area contributed by atoms with Gasteiger partial charge in [0.05, 0.1) is 3.57 Å². The lowest BCUT2D eigenvalue weighted by atomic mass is 10.1. The molecule has 1 N–H and O–H groups in total. The Labute approximate surface area is 105 Å². The van der Waals surface area contributed by atoms with Gasteiger partial charge in [-0.15, -0.1) is 0 Å². The molecule has 16 heavy (non-hydrogen) atoms. The van der Waals surface area contributed by atoms with Crippen LogP contribution >= 0.6 is 22.6 Å². The number of nitrogens with zero attached hydrogens (tertiary/aromatic N) is 1. The molecule has 0 aliphatic heterocycles. The number of aromatic nitrogens is 2.